The Labute approximate surface area is 174 Å². The van der Waals surface area contributed by atoms with Crippen molar-refractivity contribution in [1.29, 1.82) is 0 Å². The van der Waals surface area contributed by atoms with Gasteiger partial charge in [0.1, 0.15) is 11.6 Å². The summed E-state index contributed by atoms with van der Waals surface area (Å²) in [7, 11) is 0. The smallest absolute Gasteiger partial charge is 0.411 e. The Kier molecular flexibility index (Phi) is 6.90. The molecule has 0 bridgehead atoms. The van der Waals surface area contributed by atoms with Crippen LogP contribution >= 0.6 is 0 Å². The first-order valence-electron chi connectivity index (χ1n) is 10.8. The van der Waals surface area contributed by atoms with Crippen molar-refractivity contribution in [2.75, 3.05) is 6.54 Å². The van der Waals surface area contributed by atoms with Crippen molar-refractivity contribution in [3.05, 3.63) is 0 Å². The Hall–Kier alpha value is -1.79. The van der Waals surface area contributed by atoms with Crippen molar-refractivity contribution in [2.45, 2.75) is 104 Å². The number of carbonyl (C=O) groups is 3. The van der Waals surface area contributed by atoms with Gasteiger partial charge in [-0.1, -0.05) is 27.7 Å². The molecule has 2 rings (SSSR count). The quantitative estimate of drug-likeness (QED) is 0.762. The van der Waals surface area contributed by atoms with Gasteiger partial charge in [0, 0.05) is 24.4 Å². The summed E-state index contributed by atoms with van der Waals surface area (Å²) >= 11 is 0. The number of carbonyl (C=O) groups excluding carboxylic acids is 2. The first-order valence-corrected chi connectivity index (χ1v) is 10.8. The molecule has 0 aromatic rings. The number of nitrogens with zero attached hydrogens (tertiary/aromatic N) is 2. The Morgan fingerprint density at radius 2 is 1.52 bits per heavy atom. The van der Waals surface area contributed by atoms with E-state index in [2.05, 4.69) is 6.92 Å². The number of amides is 2. The minimum absolute atomic E-state index is 0.0252. The zero-order chi connectivity index (χ0) is 22.1. The molecular formula is C22H38N2O5. The summed E-state index contributed by atoms with van der Waals surface area (Å²) in [5.74, 6) is -0.387. The second-order valence-electron chi connectivity index (χ2n) is 10.8. The fourth-order valence-corrected chi connectivity index (χ4v) is 4.31. The van der Waals surface area contributed by atoms with Gasteiger partial charge < -0.3 is 14.7 Å². The van der Waals surface area contributed by atoms with Crippen LogP contribution in [0.4, 0.5) is 4.79 Å². The van der Waals surface area contributed by atoms with Crippen LogP contribution in [0.2, 0.25) is 0 Å². The maximum atomic E-state index is 13.4. The van der Waals surface area contributed by atoms with Gasteiger partial charge in [0.25, 0.3) is 0 Å². The summed E-state index contributed by atoms with van der Waals surface area (Å²) in [6.07, 6.45) is 3.57. The number of carboxylic acid groups (broad SMARTS) is 1. The number of hydrogen-bond donors (Lipinski definition) is 1. The molecule has 1 saturated heterocycles. The molecule has 29 heavy (non-hydrogen) atoms. The van der Waals surface area contributed by atoms with Gasteiger partial charge in [0.15, 0.2) is 0 Å². The lowest BCUT2D eigenvalue weighted by Gasteiger charge is -2.42. The van der Waals surface area contributed by atoms with E-state index in [9.17, 15) is 19.5 Å². The van der Waals surface area contributed by atoms with Crippen LogP contribution < -0.4 is 0 Å². The highest BCUT2D eigenvalue weighted by atomic mass is 16.6. The summed E-state index contributed by atoms with van der Waals surface area (Å²) in [5, 5.41) is 9.72. The van der Waals surface area contributed by atoms with Gasteiger partial charge in [-0.25, -0.2) is 9.59 Å². The maximum Gasteiger partial charge on any atom is 0.411 e. The van der Waals surface area contributed by atoms with E-state index in [1.165, 1.54) is 4.90 Å². The second-order valence-corrected chi connectivity index (χ2v) is 10.8. The molecule has 7 nitrogen and oxygen atoms in total. The van der Waals surface area contributed by atoms with Gasteiger partial charge in [-0.15, -0.1) is 0 Å². The van der Waals surface area contributed by atoms with Crippen molar-refractivity contribution in [2.24, 2.45) is 11.3 Å². The van der Waals surface area contributed by atoms with Crippen molar-refractivity contribution in [3.63, 3.8) is 0 Å². The van der Waals surface area contributed by atoms with Gasteiger partial charge in [0.2, 0.25) is 5.91 Å². The van der Waals surface area contributed by atoms with E-state index < -0.39 is 29.1 Å². The van der Waals surface area contributed by atoms with Crippen LogP contribution in [-0.2, 0) is 14.3 Å². The Balaban J connectivity index is 2.29. The molecule has 1 aliphatic heterocycles. The lowest BCUT2D eigenvalue weighted by molar-refractivity contribution is -0.146. The van der Waals surface area contributed by atoms with E-state index in [4.69, 9.17) is 4.74 Å². The van der Waals surface area contributed by atoms with Crippen LogP contribution in [0, 0.1) is 11.3 Å². The molecule has 2 aliphatic rings. The summed E-state index contributed by atoms with van der Waals surface area (Å²) in [6.45, 7) is 13.4. The van der Waals surface area contributed by atoms with E-state index in [0.717, 1.165) is 25.7 Å². The third-order valence-corrected chi connectivity index (χ3v) is 5.84. The predicted octanol–water partition coefficient (Wildman–Crippen LogP) is 3.90. The molecule has 0 aromatic carbocycles. The lowest BCUT2D eigenvalue weighted by Crippen LogP contribution is -2.53. The highest BCUT2D eigenvalue weighted by Gasteiger charge is 2.47. The van der Waals surface area contributed by atoms with Gasteiger partial charge in [-0.2, -0.15) is 0 Å². The summed E-state index contributed by atoms with van der Waals surface area (Å²) in [5.41, 5.74) is -1.28. The number of rotatable bonds is 3. The third kappa shape index (κ3) is 5.86. The summed E-state index contributed by atoms with van der Waals surface area (Å²) in [6, 6.07) is -1.20. The lowest BCUT2D eigenvalue weighted by atomic mass is 9.84. The third-order valence-electron chi connectivity index (χ3n) is 5.84. The summed E-state index contributed by atoms with van der Waals surface area (Å²) in [4.78, 5) is 41.1. The molecule has 1 aliphatic carbocycles. The standard InChI is InChI=1S/C22H38N2O5/c1-14-8-10-15(11-9-14)24(19(27)21(2,3)4)16-12-17(18(25)26)23(13-16)20(28)29-22(5,6)7/h14-17H,8-13H2,1-7H3,(H,25,26)/t14-,15+,16-,17-/m0/s1. The van der Waals surface area contributed by atoms with Crippen molar-refractivity contribution in [3.8, 4) is 0 Å². The van der Waals surface area contributed by atoms with E-state index in [-0.39, 0.29) is 31.0 Å². The van der Waals surface area contributed by atoms with E-state index >= 15 is 0 Å². The van der Waals surface area contributed by atoms with Crippen molar-refractivity contribution < 1.29 is 24.2 Å². The average molecular weight is 411 g/mol. The molecule has 0 radical (unpaired) electrons. The SMILES string of the molecule is CC(C)(C)OC(=O)N1C[C@@H](N(C(=O)C(C)(C)C)[C@H]2CC[C@@H](C)CC2)C[C@H]1C(=O)O. The molecule has 0 aromatic heterocycles. The van der Waals surface area contributed by atoms with Crippen LogP contribution in [-0.4, -0.2) is 63.1 Å². The van der Waals surface area contributed by atoms with Gasteiger partial charge in [0.05, 0.1) is 6.04 Å². The van der Waals surface area contributed by atoms with E-state index in [1.807, 2.05) is 25.7 Å². The summed E-state index contributed by atoms with van der Waals surface area (Å²) < 4.78 is 5.44. The molecule has 2 atom stereocenters. The minimum Gasteiger partial charge on any atom is -0.480 e. The average Bonchev–Trinajstić information content (AvgIpc) is 3.00. The van der Waals surface area contributed by atoms with Crippen LogP contribution in [0.5, 0.6) is 0 Å². The fourth-order valence-electron chi connectivity index (χ4n) is 4.31. The normalized spacial score (nSPS) is 28.2. The molecule has 7 heteroatoms. The zero-order valence-electron chi connectivity index (χ0n) is 19.0. The number of ether oxygens (including phenoxy) is 1. The topological polar surface area (TPSA) is 87.2 Å². The van der Waals surface area contributed by atoms with Crippen molar-refractivity contribution >= 4 is 18.0 Å². The second kappa shape index (κ2) is 8.52. The Morgan fingerprint density at radius 3 is 1.97 bits per heavy atom. The van der Waals surface area contributed by atoms with Crippen molar-refractivity contribution in [1.82, 2.24) is 9.80 Å². The largest absolute Gasteiger partial charge is 0.480 e. The number of aliphatic carboxylic acids is 1. The molecule has 1 N–H and O–H groups in total. The van der Waals surface area contributed by atoms with E-state index in [1.54, 1.807) is 20.8 Å². The van der Waals surface area contributed by atoms with E-state index in [0.29, 0.717) is 5.92 Å². The number of carboxylic acids is 1. The van der Waals surface area contributed by atoms with Gasteiger partial charge in [-0.3, -0.25) is 9.69 Å². The first-order chi connectivity index (χ1) is 13.2. The predicted molar refractivity (Wildman–Crippen MR) is 110 cm³/mol. The molecular weight excluding hydrogens is 372 g/mol. The molecule has 1 heterocycles. The number of hydrogen-bond acceptors (Lipinski definition) is 4. The first kappa shape index (κ1) is 23.5. The minimum atomic E-state index is -1.06. The molecule has 0 unspecified atom stereocenters. The highest BCUT2D eigenvalue weighted by Crippen LogP contribution is 2.35. The molecule has 166 valence electrons. The van der Waals surface area contributed by atoms with Crippen LogP contribution in [0.3, 0.4) is 0 Å². The Morgan fingerprint density at radius 1 is 0.966 bits per heavy atom. The molecule has 1 saturated carbocycles. The number of likely N-dealkylation sites (tertiary alicyclic amines) is 1. The Bertz CT molecular complexity index is 626. The maximum absolute atomic E-state index is 13.4. The molecule has 0 spiro atoms. The molecule has 2 fully saturated rings. The fraction of sp³-hybridized carbons (Fsp3) is 0.864. The molecule has 2 amide bonds. The zero-order valence-corrected chi connectivity index (χ0v) is 19.0. The monoisotopic (exact) mass is 410 g/mol. The van der Waals surface area contributed by atoms with Crippen LogP contribution in [0.1, 0.15) is 80.6 Å². The van der Waals surface area contributed by atoms with Gasteiger partial charge >= 0.3 is 12.1 Å². The highest BCUT2D eigenvalue weighted by molar-refractivity contribution is 5.84. The van der Waals surface area contributed by atoms with Crippen LogP contribution in [0.15, 0.2) is 0 Å². The van der Waals surface area contributed by atoms with Gasteiger partial charge in [-0.05, 0) is 52.4 Å². The van der Waals surface area contributed by atoms with Crippen LogP contribution in [0.25, 0.3) is 0 Å².